The molecule has 3 N–H and O–H groups in total. The number of benzene rings is 2. The molecule has 7 heteroatoms. The highest BCUT2D eigenvalue weighted by atomic mass is 16.5. The fourth-order valence-corrected chi connectivity index (χ4v) is 4.17. The molecular formula is C25H29N3O4. The van der Waals surface area contributed by atoms with E-state index in [4.69, 9.17) is 4.74 Å². The molecule has 168 valence electrons. The Kier molecular flexibility index (Phi) is 6.46. The van der Waals surface area contributed by atoms with Gasteiger partial charge in [0.2, 0.25) is 0 Å². The predicted octanol–water partition coefficient (Wildman–Crippen LogP) is 4.20. The van der Waals surface area contributed by atoms with Crippen LogP contribution < -0.4 is 4.74 Å². The molecule has 3 aromatic rings. The van der Waals surface area contributed by atoms with E-state index in [1.165, 1.54) is 0 Å². The van der Waals surface area contributed by atoms with Crippen molar-refractivity contribution in [1.29, 1.82) is 0 Å². The molecule has 32 heavy (non-hydrogen) atoms. The topological polar surface area (TPSA) is 98.7 Å². The van der Waals surface area contributed by atoms with Gasteiger partial charge in [-0.3, -0.25) is 9.89 Å². The number of aromatic amines is 1. The lowest BCUT2D eigenvalue weighted by Crippen LogP contribution is -2.31. The molecule has 0 bridgehead atoms. The number of fused-ring (bicyclic) bond motifs is 1. The van der Waals surface area contributed by atoms with Gasteiger partial charge in [-0.15, -0.1) is 0 Å². The highest BCUT2D eigenvalue weighted by molar-refractivity contribution is 6.00. The van der Waals surface area contributed by atoms with Gasteiger partial charge in [-0.05, 0) is 49.6 Å². The average molecular weight is 436 g/mol. The standard InChI is InChI=1S/C25H29N3O4/c1-3-4-13-32-18-8-5-7-17(15-18)24-21-22(19-14-16(2)9-10-20(19)30)26-27-23(21)25(31)28(24)11-6-12-29/h5,7-10,14-15,24,29-30H,3-4,6,11-13H2,1-2H3,(H,26,27)/t24-/m1/s1. The van der Waals surface area contributed by atoms with Gasteiger partial charge in [0.15, 0.2) is 0 Å². The lowest BCUT2D eigenvalue weighted by Gasteiger charge is -2.26. The third kappa shape index (κ3) is 4.08. The molecule has 0 saturated carbocycles. The van der Waals surface area contributed by atoms with Crippen LogP contribution >= 0.6 is 0 Å². The van der Waals surface area contributed by atoms with Crippen molar-refractivity contribution in [2.75, 3.05) is 19.8 Å². The van der Waals surface area contributed by atoms with E-state index in [-0.39, 0.29) is 18.3 Å². The number of amides is 1. The molecule has 0 fully saturated rings. The lowest BCUT2D eigenvalue weighted by molar-refractivity contribution is 0.0732. The molecule has 4 rings (SSSR count). The van der Waals surface area contributed by atoms with Crippen molar-refractivity contribution in [3.8, 4) is 22.8 Å². The molecule has 1 atom stereocenters. The van der Waals surface area contributed by atoms with E-state index in [1.54, 1.807) is 11.0 Å². The van der Waals surface area contributed by atoms with Gasteiger partial charge in [0, 0.05) is 24.3 Å². The summed E-state index contributed by atoms with van der Waals surface area (Å²) in [6, 6.07) is 12.7. The van der Waals surface area contributed by atoms with Crippen molar-refractivity contribution < 1.29 is 19.7 Å². The van der Waals surface area contributed by atoms with E-state index in [1.807, 2.05) is 43.3 Å². The second kappa shape index (κ2) is 9.44. The van der Waals surface area contributed by atoms with Crippen molar-refractivity contribution >= 4 is 5.91 Å². The maximum atomic E-state index is 13.3. The Labute approximate surface area is 187 Å². The van der Waals surface area contributed by atoms with Gasteiger partial charge in [0.05, 0.1) is 12.6 Å². The van der Waals surface area contributed by atoms with E-state index < -0.39 is 6.04 Å². The van der Waals surface area contributed by atoms with Crippen molar-refractivity contribution in [2.24, 2.45) is 0 Å². The van der Waals surface area contributed by atoms with E-state index in [0.717, 1.165) is 35.3 Å². The second-order valence-corrected chi connectivity index (χ2v) is 8.13. The molecule has 2 heterocycles. The molecule has 0 radical (unpaired) electrons. The van der Waals surface area contributed by atoms with Crippen LogP contribution in [0.15, 0.2) is 42.5 Å². The second-order valence-electron chi connectivity index (χ2n) is 8.13. The first-order chi connectivity index (χ1) is 15.5. The summed E-state index contributed by atoms with van der Waals surface area (Å²) in [5.74, 6) is 0.700. The van der Waals surface area contributed by atoms with Crippen LogP contribution in [-0.2, 0) is 0 Å². The number of aliphatic hydroxyl groups excluding tert-OH is 1. The molecular weight excluding hydrogens is 406 g/mol. The Morgan fingerprint density at radius 1 is 1.19 bits per heavy atom. The van der Waals surface area contributed by atoms with Gasteiger partial charge >= 0.3 is 0 Å². The minimum Gasteiger partial charge on any atom is -0.507 e. The Morgan fingerprint density at radius 2 is 2.03 bits per heavy atom. The number of hydrogen-bond acceptors (Lipinski definition) is 5. The zero-order chi connectivity index (χ0) is 22.7. The summed E-state index contributed by atoms with van der Waals surface area (Å²) in [5.41, 5.74) is 4.18. The summed E-state index contributed by atoms with van der Waals surface area (Å²) < 4.78 is 5.90. The van der Waals surface area contributed by atoms with Gasteiger partial charge < -0.3 is 19.8 Å². The number of phenols is 1. The molecule has 1 amide bonds. The number of carbonyl (C=O) groups excluding carboxylic acids is 1. The number of H-pyrrole nitrogens is 1. The number of aromatic nitrogens is 2. The normalized spacial score (nSPS) is 15.3. The van der Waals surface area contributed by atoms with Crippen molar-refractivity contribution in [3.63, 3.8) is 0 Å². The summed E-state index contributed by atoms with van der Waals surface area (Å²) in [6.07, 6.45) is 2.49. The molecule has 2 aromatic carbocycles. The number of aromatic hydroxyl groups is 1. The number of unbranched alkanes of at least 4 members (excludes halogenated alkanes) is 1. The lowest BCUT2D eigenvalue weighted by atomic mass is 9.95. The molecule has 0 spiro atoms. The SMILES string of the molecule is CCCCOc1cccc([C@@H]2c3c(-c4cc(C)ccc4O)n[nH]c3C(=O)N2CCCO)c1. The van der Waals surface area contributed by atoms with Gasteiger partial charge in [-0.2, -0.15) is 5.10 Å². The number of aliphatic hydroxyl groups is 1. The number of phenolic OH excluding ortho intramolecular Hbond substituents is 1. The molecule has 1 aromatic heterocycles. The zero-order valence-corrected chi connectivity index (χ0v) is 18.5. The van der Waals surface area contributed by atoms with Crippen LogP contribution in [-0.4, -0.2) is 51.0 Å². The molecule has 0 unspecified atom stereocenters. The maximum Gasteiger partial charge on any atom is 0.273 e. The Hall–Kier alpha value is -3.32. The smallest absolute Gasteiger partial charge is 0.273 e. The first kappa shape index (κ1) is 21.9. The molecule has 0 aliphatic carbocycles. The summed E-state index contributed by atoms with van der Waals surface area (Å²) in [7, 11) is 0. The Morgan fingerprint density at radius 3 is 2.81 bits per heavy atom. The van der Waals surface area contributed by atoms with Crippen molar-refractivity contribution in [1.82, 2.24) is 15.1 Å². The van der Waals surface area contributed by atoms with E-state index >= 15 is 0 Å². The molecule has 1 aliphatic heterocycles. The fourth-order valence-electron chi connectivity index (χ4n) is 4.17. The molecule has 7 nitrogen and oxygen atoms in total. The minimum atomic E-state index is -0.396. The highest BCUT2D eigenvalue weighted by Crippen LogP contribution is 2.45. The first-order valence-electron chi connectivity index (χ1n) is 11.1. The average Bonchev–Trinajstić information content (AvgIpc) is 3.33. The predicted molar refractivity (Wildman–Crippen MR) is 122 cm³/mol. The maximum absolute atomic E-state index is 13.3. The summed E-state index contributed by atoms with van der Waals surface area (Å²) >= 11 is 0. The van der Waals surface area contributed by atoms with E-state index in [2.05, 4.69) is 17.1 Å². The number of rotatable bonds is 9. The fraction of sp³-hybridized carbons (Fsp3) is 0.360. The number of ether oxygens (including phenoxy) is 1. The largest absolute Gasteiger partial charge is 0.507 e. The highest BCUT2D eigenvalue weighted by Gasteiger charge is 2.42. The number of hydrogen-bond donors (Lipinski definition) is 3. The molecule has 0 saturated heterocycles. The number of aryl methyl sites for hydroxylation is 1. The third-order valence-electron chi connectivity index (χ3n) is 5.77. The Balaban J connectivity index is 1.81. The van der Waals surface area contributed by atoms with Crippen molar-refractivity contribution in [3.05, 3.63) is 64.8 Å². The Bertz CT molecular complexity index is 1110. The number of carbonyl (C=O) groups is 1. The monoisotopic (exact) mass is 435 g/mol. The van der Waals surface area contributed by atoms with Crippen LogP contribution in [0.5, 0.6) is 11.5 Å². The zero-order valence-electron chi connectivity index (χ0n) is 18.5. The number of nitrogens with zero attached hydrogens (tertiary/aromatic N) is 2. The summed E-state index contributed by atoms with van der Waals surface area (Å²) in [4.78, 5) is 15.0. The summed E-state index contributed by atoms with van der Waals surface area (Å²) in [6.45, 7) is 5.10. The van der Waals surface area contributed by atoms with Crippen LogP contribution in [0.25, 0.3) is 11.3 Å². The van der Waals surface area contributed by atoms with Gasteiger partial charge in [-0.1, -0.05) is 37.1 Å². The molecule has 1 aliphatic rings. The summed E-state index contributed by atoms with van der Waals surface area (Å²) in [5, 5.41) is 27.2. The van der Waals surface area contributed by atoms with Crippen LogP contribution in [0.4, 0.5) is 0 Å². The van der Waals surface area contributed by atoms with Gasteiger partial charge in [-0.25, -0.2) is 0 Å². The van der Waals surface area contributed by atoms with Gasteiger partial charge in [0.1, 0.15) is 22.9 Å². The van der Waals surface area contributed by atoms with Crippen LogP contribution in [0.1, 0.15) is 59.4 Å². The van der Waals surface area contributed by atoms with Crippen LogP contribution in [0, 0.1) is 6.92 Å². The van der Waals surface area contributed by atoms with Crippen LogP contribution in [0.2, 0.25) is 0 Å². The van der Waals surface area contributed by atoms with E-state index in [9.17, 15) is 15.0 Å². The quantitative estimate of drug-likeness (QED) is 0.438. The third-order valence-corrected chi connectivity index (χ3v) is 5.77. The van der Waals surface area contributed by atoms with Gasteiger partial charge in [0.25, 0.3) is 5.91 Å². The van der Waals surface area contributed by atoms with E-state index in [0.29, 0.717) is 36.5 Å². The minimum absolute atomic E-state index is 0.00558. The first-order valence-corrected chi connectivity index (χ1v) is 11.1. The van der Waals surface area contributed by atoms with Crippen molar-refractivity contribution in [2.45, 2.75) is 39.2 Å². The number of nitrogens with one attached hydrogen (secondary N) is 1. The van der Waals surface area contributed by atoms with Crippen LogP contribution in [0.3, 0.4) is 0 Å².